The van der Waals surface area contributed by atoms with Crippen LogP contribution in [0.1, 0.15) is 22.3 Å². The van der Waals surface area contributed by atoms with Crippen molar-refractivity contribution in [2.45, 2.75) is 5.41 Å². The molecule has 0 bridgehead atoms. The summed E-state index contributed by atoms with van der Waals surface area (Å²) in [6.07, 6.45) is 0. The lowest BCUT2D eigenvalue weighted by atomic mass is 9.65. The van der Waals surface area contributed by atoms with Crippen molar-refractivity contribution >= 4 is 32.9 Å². The lowest BCUT2D eigenvalue weighted by Gasteiger charge is -2.36. The third-order valence-corrected chi connectivity index (χ3v) is 10.1. The molecule has 8 aromatic carbocycles. The Kier molecular flexibility index (Phi) is 6.06. The summed E-state index contributed by atoms with van der Waals surface area (Å²) in [5, 5.41) is 4.39. The maximum Gasteiger partial charge on any atom is 0.0726 e. The van der Waals surface area contributed by atoms with Crippen LogP contribution in [0.3, 0.4) is 0 Å². The fraction of sp³-hybridized carbons (Fsp3) is 0.0222. The molecule has 9 rings (SSSR count). The summed E-state index contributed by atoms with van der Waals surface area (Å²) in [5.74, 6) is 0. The van der Waals surface area contributed by atoms with Gasteiger partial charge in [0.05, 0.1) is 5.41 Å². The minimum Gasteiger partial charge on any atom is -0.398 e. The Labute approximate surface area is 274 Å². The van der Waals surface area contributed by atoms with Crippen molar-refractivity contribution in [3.63, 3.8) is 0 Å². The maximum absolute atomic E-state index is 6.69. The molecular weight excluding hydrogens is 569 g/mol. The predicted molar refractivity (Wildman–Crippen MR) is 198 cm³/mol. The Morgan fingerprint density at radius 3 is 1.11 bits per heavy atom. The monoisotopic (exact) mass is 600 g/mol. The van der Waals surface area contributed by atoms with Crippen LogP contribution in [-0.4, -0.2) is 0 Å². The van der Waals surface area contributed by atoms with Crippen LogP contribution in [0.15, 0.2) is 170 Å². The third-order valence-electron chi connectivity index (χ3n) is 10.1. The van der Waals surface area contributed by atoms with Crippen molar-refractivity contribution in [1.82, 2.24) is 0 Å². The SMILES string of the molecule is Nc1ccc(C2(c3ccc(N)c4ccccc34)c3cc(-c4ccccc4)ccc3-c3ccc(-c4ccccc4)cc32)c2ccccc12. The van der Waals surface area contributed by atoms with E-state index in [1.807, 2.05) is 0 Å². The Bertz CT molecular complexity index is 2300. The summed E-state index contributed by atoms with van der Waals surface area (Å²) >= 11 is 0. The molecule has 1 aliphatic rings. The summed E-state index contributed by atoms with van der Waals surface area (Å²) in [7, 11) is 0. The van der Waals surface area contributed by atoms with Gasteiger partial charge in [-0.2, -0.15) is 0 Å². The molecule has 1 aliphatic carbocycles. The predicted octanol–water partition coefficient (Wildman–Crippen LogP) is 10.9. The number of anilines is 2. The van der Waals surface area contributed by atoms with E-state index in [0.717, 1.165) is 32.9 Å². The van der Waals surface area contributed by atoms with Gasteiger partial charge in [0.25, 0.3) is 0 Å². The van der Waals surface area contributed by atoms with Crippen LogP contribution in [0.4, 0.5) is 11.4 Å². The fourth-order valence-corrected chi connectivity index (χ4v) is 7.97. The highest BCUT2D eigenvalue weighted by Crippen LogP contribution is 2.60. The molecule has 0 saturated carbocycles. The van der Waals surface area contributed by atoms with Gasteiger partial charge in [0, 0.05) is 22.1 Å². The molecule has 0 atom stereocenters. The Morgan fingerprint density at radius 1 is 0.298 bits per heavy atom. The average Bonchev–Trinajstić information content (AvgIpc) is 3.42. The molecule has 0 amide bonds. The molecule has 0 saturated heterocycles. The van der Waals surface area contributed by atoms with Crippen molar-refractivity contribution in [2.24, 2.45) is 0 Å². The van der Waals surface area contributed by atoms with E-state index in [-0.39, 0.29) is 0 Å². The first-order valence-electron chi connectivity index (χ1n) is 16.1. The highest BCUT2D eigenvalue weighted by molar-refractivity contribution is 6.04. The molecule has 2 heteroatoms. The summed E-state index contributed by atoms with van der Waals surface area (Å²) in [5.41, 5.74) is 26.4. The summed E-state index contributed by atoms with van der Waals surface area (Å²) < 4.78 is 0. The number of nitrogen functional groups attached to an aromatic ring is 2. The van der Waals surface area contributed by atoms with Crippen molar-refractivity contribution in [2.75, 3.05) is 11.5 Å². The zero-order valence-electron chi connectivity index (χ0n) is 25.8. The minimum absolute atomic E-state index is 0.680. The topological polar surface area (TPSA) is 52.0 Å². The second-order valence-corrected chi connectivity index (χ2v) is 12.5. The van der Waals surface area contributed by atoms with Gasteiger partial charge in [-0.25, -0.2) is 0 Å². The van der Waals surface area contributed by atoms with Crippen LogP contribution < -0.4 is 11.5 Å². The molecule has 0 spiro atoms. The quantitative estimate of drug-likeness (QED) is 0.197. The summed E-state index contributed by atoms with van der Waals surface area (Å²) in [6.45, 7) is 0. The Balaban J connectivity index is 1.50. The van der Waals surface area contributed by atoms with E-state index in [9.17, 15) is 0 Å². The maximum atomic E-state index is 6.69. The van der Waals surface area contributed by atoms with Gasteiger partial charge in [0.15, 0.2) is 0 Å². The van der Waals surface area contributed by atoms with E-state index in [4.69, 9.17) is 11.5 Å². The smallest absolute Gasteiger partial charge is 0.0726 e. The molecule has 0 aromatic heterocycles. The highest BCUT2D eigenvalue weighted by Gasteiger charge is 2.48. The number of rotatable bonds is 4. The highest BCUT2D eigenvalue weighted by atomic mass is 14.6. The second kappa shape index (κ2) is 10.5. The van der Waals surface area contributed by atoms with Crippen LogP contribution in [0.2, 0.25) is 0 Å². The molecular formula is C45H32N2. The number of fused-ring (bicyclic) bond motifs is 5. The van der Waals surface area contributed by atoms with Gasteiger partial charge in [0.1, 0.15) is 0 Å². The number of benzene rings is 8. The van der Waals surface area contributed by atoms with Gasteiger partial charge in [-0.3, -0.25) is 0 Å². The molecule has 0 radical (unpaired) electrons. The normalized spacial score (nSPS) is 13.0. The summed E-state index contributed by atoms with van der Waals surface area (Å²) in [4.78, 5) is 0. The van der Waals surface area contributed by atoms with Gasteiger partial charge in [-0.15, -0.1) is 0 Å². The zero-order chi connectivity index (χ0) is 31.5. The number of nitrogens with two attached hydrogens (primary N) is 2. The van der Waals surface area contributed by atoms with E-state index in [0.29, 0.717) is 0 Å². The molecule has 2 nitrogen and oxygen atoms in total. The Hall–Kier alpha value is -6.12. The van der Waals surface area contributed by atoms with E-state index in [1.165, 1.54) is 55.6 Å². The summed E-state index contributed by atoms with van der Waals surface area (Å²) in [6, 6.07) is 61.1. The molecule has 8 aromatic rings. The third kappa shape index (κ3) is 3.98. The van der Waals surface area contributed by atoms with Gasteiger partial charge in [-0.1, -0.05) is 146 Å². The molecule has 0 unspecified atom stereocenters. The van der Waals surface area contributed by atoms with Crippen molar-refractivity contribution in [3.8, 4) is 33.4 Å². The second-order valence-electron chi connectivity index (χ2n) is 12.5. The van der Waals surface area contributed by atoms with Crippen molar-refractivity contribution < 1.29 is 0 Å². The Morgan fingerprint density at radius 2 is 0.681 bits per heavy atom. The standard InChI is InChI=1S/C45H32N2/c46-43-25-23-39(33-15-7-9-17-37(33)43)45(40-24-26-44(47)38-18-10-8-16-34(38)40)41-27-31(29-11-3-1-4-12-29)19-21-35(41)36-22-20-32(28-42(36)45)30-13-5-2-6-14-30/h1-28H,46-47H2. The van der Waals surface area contributed by atoms with Crippen LogP contribution in [0.5, 0.6) is 0 Å². The number of hydrogen-bond acceptors (Lipinski definition) is 2. The molecule has 222 valence electrons. The molecule has 0 aliphatic heterocycles. The number of hydrogen-bond donors (Lipinski definition) is 2. The van der Waals surface area contributed by atoms with E-state index >= 15 is 0 Å². The molecule has 0 heterocycles. The van der Waals surface area contributed by atoms with Crippen molar-refractivity contribution in [3.05, 3.63) is 192 Å². The van der Waals surface area contributed by atoms with E-state index in [2.05, 4.69) is 170 Å². The fourth-order valence-electron chi connectivity index (χ4n) is 7.97. The molecule has 47 heavy (non-hydrogen) atoms. The van der Waals surface area contributed by atoms with Crippen molar-refractivity contribution in [1.29, 1.82) is 0 Å². The van der Waals surface area contributed by atoms with E-state index < -0.39 is 5.41 Å². The largest absolute Gasteiger partial charge is 0.398 e. The lowest BCUT2D eigenvalue weighted by molar-refractivity contribution is 0.785. The lowest BCUT2D eigenvalue weighted by Crippen LogP contribution is -2.29. The minimum atomic E-state index is -0.680. The van der Waals surface area contributed by atoms with Crippen LogP contribution >= 0.6 is 0 Å². The zero-order valence-corrected chi connectivity index (χ0v) is 25.8. The average molecular weight is 601 g/mol. The van der Waals surface area contributed by atoms with Gasteiger partial charge < -0.3 is 11.5 Å². The van der Waals surface area contributed by atoms with E-state index in [1.54, 1.807) is 0 Å². The molecule has 4 N–H and O–H groups in total. The van der Waals surface area contributed by atoms with Crippen LogP contribution in [-0.2, 0) is 5.41 Å². The van der Waals surface area contributed by atoms with Crippen LogP contribution in [0.25, 0.3) is 54.9 Å². The van der Waals surface area contributed by atoms with Crippen LogP contribution in [0, 0.1) is 0 Å². The molecule has 0 fully saturated rings. The first kappa shape index (κ1) is 27.2. The van der Waals surface area contributed by atoms with Gasteiger partial charge >= 0.3 is 0 Å². The van der Waals surface area contributed by atoms with Gasteiger partial charge in [0.2, 0.25) is 0 Å². The first-order valence-corrected chi connectivity index (χ1v) is 16.1. The van der Waals surface area contributed by atoms with Gasteiger partial charge in [-0.05, 0) is 90.7 Å². The first-order chi connectivity index (χ1) is 23.1.